The van der Waals surface area contributed by atoms with Crippen LogP contribution < -0.4 is 15.8 Å². The van der Waals surface area contributed by atoms with E-state index in [4.69, 9.17) is 10.5 Å². The van der Waals surface area contributed by atoms with E-state index in [0.717, 1.165) is 0 Å². The first kappa shape index (κ1) is 13.9. The van der Waals surface area contributed by atoms with Crippen molar-refractivity contribution in [2.24, 2.45) is 0 Å². The lowest BCUT2D eigenvalue weighted by molar-refractivity contribution is -0.116. The molecule has 0 unspecified atom stereocenters. The summed E-state index contributed by atoms with van der Waals surface area (Å²) in [6.45, 7) is 0.227. The van der Waals surface area contributed by atoms with E-state index in [-0.39, 0.29) is 24.8 Å². The minimum Gasteiger partial charge on any atom is -0.493 e. The van der Waals surface area contributed by atoms with Crippen molar-refractivity contribution >= 4 is 17.3 Å². The topological polar surface area (TPSA) is 64.3 Å². The fourth-order valence-corrected chi connectivity index (χ4v) is 1.66. The molecule has 0 heterocycles. The summed E-state index contributed by atoms with van der Waals surface area (Å²) < 4.78 is 18.3. The molecule has 104 valence electrons. The Morgan fingerprint density at radius 3 is 2.75 bits per heavy atom. The van der Waals surface area contributed by atoms with Gasteiger partial charge in [-0.15, -0.1) is 0 Å². The van der Waals surface area contributed by atoms with E-state index < -0.39 is 0 Å². The number of amides is 1. The number of anilines is 2. The number of benzene rings is 2. The number of halogens is 1. The molecule has 3 N–H and O–H groups in total. The van der Waals surface area contributed by atoms with Crippen LogP contribution in [0.2, 0.25) is 0 Å². The summed E-state index contributed by atoms with van der Waals surface area (Å²) in [5.74, 6) is -0.0122. The normalized spacial score (nSPS) is 10.1. The maximum absolute atomic E-state index is 12.9. The van der Waals surface area contributed by atoms with E-state index in [1.54, 1.807) is 30.3 Å². The van der Waals surface area contributed by atoms with Crippen LogP contribution in [0.15, 0.2) is 48.5 Å². The van der Waals surface area contributed by atoms with Crippen LogP contribution in [0.1, 0.15) is 6.42 Å². The zero-order valence-electron chi connectivity index (χ0n) is 10.8. The highest BCUT2D eigenvalue weighted by Crippen LogP contribution is 2.14. The second-order valence-corrected chi connectivity index (χ2v) is 4.23. The lowest BCUT2D eigenvalue weighted by Gasteiger charge is -2.07. The van der Waals surface area contributed by atoms with Gasteiger partial charge in [0.2, 0.25) is 5.91 Å². The highest BCUT2D eigenvalue weighted by molar-refractivity contribution is 5.90. The molecule has 0 radical (unpaired) electrons. The minimum atomic E-state index is -0.390. The summed E-state index contributed by atoms with van der Waals surface area (Å²) in [6, 6.07) is 12.7. The number of ether oxygens (including phenoxy) is 1. The molecule has 0 fully saturated rings. The first-order valence-electron chi connectivity index (χ1n) is 6.17. The third kappa shape index (κ3) is 4.28. The maximum Gasteiger partial charge on any atom is 0.227 e. The van der Waals surface area contributed by atoms with Crippen molar-refractivity contribution in [2.75, 3.05) is 17.7 Å². The summed E-state index contributed by atoms with van der Waals surface area (Å²) in [4.78, 5) is 11.6. The molecule has 0 saturated heterocycles. The number of rotatable bonds is 5. The van der Waals surface area contributed by atoms with E-state index >= 15 is 0 Å². The van der Waals surface area contributed by atoms with Crippen molar-refractivity contribution in [3.8, 4) is 5.75 Å². The van der Waals surface area contributed by atoms with Gasteiger partial charge in [0, 0.05) is 17.4 Å². The number of carbonyl (C=O) groups is 1. The Kier molecular flexibility index (Phi) is 4.55. The summed E-state index contributed by atoms with van der Waals surface area (Å²) in [6.07, 6.45) is 0.172. The first-order chi connectivity index (χ1) is 9.63. The Hall–Kier alpha value is -2.56. The average molecular weight is 274 g/mol. The van der Waals surface area contributed by atoms with Gasteiger partial charge in [-0.3, -0.25) is 4.79 Å². The number of nitrogen functional groups attached to an aromatic ring is 1. The molecule has 0 bridgehead atoms. The van der Waals surface area contributed by atoms with Crippen LogP contribution in [0.5, 0.6) is 5.75 Å². The van der Waals surface area contributed by atoms with Gasteiger partial charge >= 0.3 is 0 Å². The highest BCUT2D eigenvalue weighted by atomic mass is 19.1. The van der Waals surface area contributed by atoms with Gasteiger partial charge < -0.3 is 15.8 Å². The quantitative estimate of drug-likeness (QED) is 0.824. The number of hydrogen-bond donors (Lipinski definition) is 2. The Morgan fingerprint density at radius 1 is 1.20 bits per heavy atom. The molecule has 4 nitrogen and oxygen atoms in total. The number of nitrogens with two attached hydrogens (primary N) is 1. The monoisotopic (exact) mass is 274 g/mol. The predicted octanol–water partition coefficient (Wildman–Crippen LogP) is 2.82. The highest BCUT2D eigenvalue weighted by Gasteiger charge is 2.04. The van der Waals surface area contributed by atoms with Crippen molar-refractivity contribution < 1.29 is 13.9 Å². The molecule has 0 atom stereocenters. The summed E-state index contributed by atoms with van der Waals surface area (Å²) in [5.41, 5.74) is 6.64. The fraction of sp³-hybridized carbons (Fsp3) is 0.133. The van der Waals surface area contributed by atoms with Crippen LogP contribution in [-0.2, 0) is 4.79 Å². The first-order valence-corrected chi connectivity index (χ1v) is 6.17. The van der Waals surface area contributed by atoms with Gasteiger partial charge in [0.1, 0.15) is 11.6 Å². The SMILES string of the molecule is Nc1cccc(OCCC(=O)Nc2cccc(F)c2)c1. The van der Waals surface area contributed by atoms with Crippen molar-refractivity contribution in [3.05, 3.63) is 54.3 Å². The molecular formula is C15H15FN2O2. The molecule has 0 saturated carbocycles. The van der Waals surface area contributed by atoms with Gasteiger partial charge in [0.25, 0.3) is 0 Å². The second kappa shape index (κ2) is 6.56. The Bertz CT molecular complexity index is 602. The maximum atomic E-state index is 12.9. The molecule has 20 heavy (non-hydrogen) atoms. The standard InChI is InChI=1S/C15H15FN2O2/c16-11-3-1-5-13(9-11)18-15(19)7-8-20-14-6-2-4-12(17)10-14/h1-6,9-10H,7-8,17H2,(H,18,19). The molecule has 0 spiro atoms. The number of nitrogens with one attached hydrogen (secondary N) is 1. The fourth-order valence-electron chi connectivity index (χ4n) is 1.66. The van der Waals surface area contributed by atoms with Crippen LogP contribution in [-0.4, -0.2) is 12.5 Å². The van der Waals surface area contributed by atoms with Crippen molar-refractivity contribution in [1.82, 2.24) is 0 Å². The second-order valence-electron chi connectivity index (χ2n) is 4.23. The molecule has 0 aliphatic heterocycles. The van der Waals surface area contributed by atoms with E-state index in [9.17, 15) is 9.18 Å². The average Bonchev–Trinajstić information content (AvgIpc) is 2.38. The van der Waals surface area contributed by atoms with Crippen LogP contribution in [0.4, 0.5) is 15.8 Å². The van der Waals surface area contributed by atoms with E-state index in [1.807, 2.05) is 0 Å². The van der Waals surface area contributed by atoms with Crippen molar-refractivity contribution in [3.63, 3.8) is 0 Å². The molecule has 5 heteroatoms. The Balaban J connectivity index is 1.78. The Labute approximate surface area is 116 Å². The molecule has 2 rings (SSSR count). The third-order valence-corrected chi connectivity index (χ3v) is 2.56. The van der Waals surface area contributed by atoms with Crippen LogP contribution in [0.25, 0.3) is 0 Å². The van der Waals surface area contributed by atoms with Crippen LogP contribution in [0.3, 0.4) is 0 Å². The zero-order valence-corrected chi connectivity index (χ0v) is 10.8. The Morgan fingerprint density at radius 2 is 2.00 bits per heavy atom. The van der Waals surface area contributed by atoms with E-state index in [0.29, 0.717) is 17.1 Å². The number of carbonyl (C=O) groups excluding carboxylic acids is 1. The van der Waals surface area contributed by atoms with Gasteiger partial charge in [-0.1, -0.05) is 12.1 Å². The van der Waals surface area contributed by atoms with Crippen molar-refractivity contribution in [2.45, 2.75) is 6.42 Å². The van der Waals surface area contributed by atoms with Gasteiger partial charge in [-0.2, -0.15) is 0 Å². The zero-order chi connectivity index (χ0) is 14.4. The summed E-state index contributed by atoms with van der Waals surface area (Å²) in [7, 11) is 0. The van der Waals surface area contributed by atoms with E-state index in [2.05, 4.69) is 5.32 Å². The van der Waals surface area contributed by atoms with Gasteiger partial charge in [0.05, 0.1) is 13.0 Å². The summed E-state index contributed by atoms with van der Waals surface area (Å²) >= 11 is 0. The molecule has 0 aromatic heterocycles. The molecule has 0 aliphatic carbocycles. The molecule has 2 aromatic rings. The number of hydrogen-bond acceptors (Lipinski definition) is 3. The third-order valence-electron chi connectivity index (χ3n) is 2.56. The lowest BCUT2D eigenvalue weighted by atomic mass is 10.3. The largest absolute Gasteiger partial charge is 0.493 e. The molecule has 1 amide bonds. The molecule has 2 aromatic carbocycles. The van der Waals surface area contributed by atoms with Gasteiger partial charge in [-0.25, -0.2) is 4.39 Å². The predicted molar refractivity (Wildman–Crippen MR) is 76.0 cm³/mol. The molecular weight excluding hydrogens is 259 g/mol. The van der Waals surface area contributed by atoms with E-state index in [1.165, 1.54) is 18.2 Å². The smallest absolute Gasteiger partial charge is 0.227 e. The minimum absolute atomic E-state index is 0.172. The summed E-state index contributed by atoms with van der Waals surface area (Å²) in [5, 5.41) is 2.60. The van der Waals surface area contributed by atoms with Crippen LogP contribution >= 0.6 is 0 Å². The molecule has 0 aliphatic rings. The van der Waals surface area contributed by atoms with Crippen LogP contribution in [0, 0.1) is 5.82 Å². The van der Waals surface area contributed by atoms with Gasteiger partial charge in [0.15, 0.2) is 0 Å². The van der Waals surface area contributed by atoms with Crippen molar-refractivity contribution in [1.29, 1.82) is 0 Å². The van der Waals surface area contributed by atoms with Gasteiger partial charge in [-0.05, 0) is 30.3 Å². The lowest BCUT2D eigenvalue weighted by Crippen LogP contribution is -2.15.